The van der Waals surface area contributed by atoms with Crippen LogP contribution in [-0.2, 0) is 16.0 Å². The van der Waals surface area contributed by atoms with E-state index in [9.17, 15) is 9.59 Å². The maximum atomic E-state index is 11.7. The minimum Gasteiger partial charge on any atom is -0.465 e. The summed E-state index contributed by atoms with van der Waals surface area (Å²) in [7, 11) is 2.45. The highest BCUT2D eigenvalue weighted by molar-refractivity contribution is 6.31. The number of methoxy groups -OCH3 is 2. The number of esters is 2. The molecule has 0 bridgehead atoms. The number of rotatable bonds is 4. The Morgan fingerprint density at radius 3 is 2.48 bits per heavy atom. The molecule has 0 aliphatic rings. The molecule has 0 fully saturated rings. The predicted molar refractivity (Wildman–Crippen MR) is 75.5 cm³/mol. The highest BCUT2D eigenvalue weighted by Crippen LogP contribution is 2.17. The first kappa shape index (κ1) is 15.1. The first-order valence-electron chi connectivity index (χ1n) is 6.04. The minimum absolute atomic E-state index is 0.0522. The van der Waals surface area contributed by atoms with E-state index in [0.717, 1.165) is 5.56 Å². The van der Waals surface area contributed by atoms with E-state index in [2.05, 4.69) is 14.6 Å². The van der Waals surface area contributed by atoms with Gasteiger partial charge >= 0.3 is 11.9 Å². The van der Waals surface area contributed by atoms with Crippen molar-refractivity contribution in [2.75, 3.05) is 14.2 Å². The SMILES string of the molecule is COC(=O)c1cn(Cc2ccccc2Cl)nc1C(=O)OC. The zero-order chi connectivity index (χ0) is 15.4. The molecule has 0 N–H and O–H groups in total. The molecule has 1 aromatic carbocycles. The first-order chi connectivity index (χ1) is 10.1. The third-order valence-electron chi connectivity index (χ3n) is 2.84. The number of benzene rings is 1. The van der Waals surface area contributed by atoms with Crippen molar-refractivity contribution >= 4 is 23.5 Å². The summed E-state index contributed by atoms with van der Waals surface area (Å²) >= 11 is 6.08. The molecule has 0 aliphatic heterocycles. The van der Waals surface area contributed by atoms with Crippen LogP contribution < -0.4 is 0 Å². The highest BCUT2D eigenvalue weighted by Gasteiger charge is 2.23. The molecule has 21 heavy (non-hydrogen) atoms. The van der Waals surface area contributed by atoms with Crippen LogP contribution in [0.25, 0.3) is 0 Å². The first-order valence-corrected chi connectivity index (χ1v) is 6.42. The Hall–Kier alpha value is -2.34. The number of hydrogen-bond donors (Lipinski definition) is 0. The Morgan fingerprint density at radius 1 is 1.19 bits per heavy atom. The van der Waals surface area contributed by atoms with Crippen molar-refractivity contribution < 1.29 is 19.1 Å². The zero-order valence-electron chi connectivity index (χ0n) is 11.5. The number of halogens is 1. The van der Waals surface area contributed by atoms with Crippen molar-refractivity contribution in [2.45, 2.75) is 6.54 Å². The molecule has 0 aliphatic carbocycles. The second kappa shape index (κ2) is 6.41. The van der Waals surface area contributed by atoms with Gasteiger partial charge in [0.1, 0.15) is 5.56 Å². The molecule has 6 nitrogen and oxygen atoms in total. The average molecular weight is 309 g/mol. The van der Waals surface area contributed by atoms with Gasteiger partial charge in [0.2, 0.25) is 0 Å². The number of nitrogens with zero attached hydrogens (tertiary/aromatic N) is 2. The summed E-state index contributed by atoms with van der Waals surface area (Å²) < 4.78 is 10.7. The van der Waals surface area contributed by atoms with Gasteiger partial charge < -0.3 is 9.47 Å². The lowest BCUT2D eigenvalue weighted by Gasteiger charge is -2.03. The Morgan fingerprint density at radius 2 is 1.86 bits per heavy atom. The van der Waals surface area contributed by atoms with Crippen LogP contribution in [0.1, 0.15) is 26.4 Å². The number of carbonyl (C=O) groups excluding carboxylic acids is 2. The van der Waals surface area contributed by atoms with Crippen molar-refractivity contribution in [3.63, 3.8) is 0 Å². The Labute approximate surface area is 126 Å². The van der Waals surface area contributed by atoms with Crippen LogP contribution in [0.4, 0.5) is 0 Å². The fourth-order valence-electron chi connectivity index (χ4n) is 1.81. The van der Waals surface area contributed by atoms with Crippen LogP contribution in [0.15, 0.2) is 30.5 Å². The summed E-state index contributed by atoms with van der Waals surface area (Å²) in [6.07, 6.45) is 1.43. The average Bonchev–Trinajstić information content (AvgIpc) is 2.92. The molecule has 2 rings (SSSR count). The summed E-state index contributed by atoms with van der Waals surface area (Å²) in [6.45, 7) is 0.320. The van der Waals surface area contributed by atoms with Gasteiger partial charge in [0.25, 0.3) is 0 Å². The van der Waals surface area contributed by atoms with Crippen LogP contribution >= 0.6 is 11.6 Å². The van der Waals surface area contributed by atoms with Crippen LogP contribution in [0.3, 0.4) is 0 Å². The number of carbonyl (C=O) groups is 2. The molecule has 0 atom stereocenters. The van der Waals surface area contributed by atoms with Crippen molar-refractivity contribution in [2.24, 2.45) is 0 Å². The fourth-order valence-corrected chi connectivity index (χ4v) is 2.01. The number of aromatic nitrogens is 2. The van der Waals surface area contributed by atoms with Gasteiger partial charge in [-0.2, -0.15) is 5.10 Å². The van der Waals surface area contributed by atoms with Gasteiger partial charge in [0.05, 0.1) is 20.8 Å². The van der Waals surface area contributed by atoms with E-state index in [0.29, 0.717) is 11.6 Å². The molecule has 2 aromatic rings. The van der Waals surface area contributed by atoms with E-state index in [1.165, 1.54) is 25.1 Å². The molecule has 0 unspecified atom stereocenters. The Balaban J connectivity index is 2.37. The lowest BCUT2D eigenvalue weighted by molar-refractivity contribution is 0.0552. The van der Waals surface area contributed by atoms with E-state index in [4.69, 9.17) is 11.6 Å². The summed E-state index contributed by atoms with van der Waals surface area (Å²) in [5, 5.41) is 4.65. The molecule has 0 saturated heterocycles. The molecule has 0 amide bonds. The lowest BCUT2D eigenvalue weighted by atomic mass is 10.2. The molecule has 0 radical (unpaired) electrons. The Bertz CT molecular complexity index is 648. The van der Waals surface area contributed by atoms with Crippen LogP contribution in [0.2, 0.25) is 5.02 Å². The highest BCUT2D eigenvalue weighted by atomic mass is 35.5. The van der Waals surface area contributed by atoms with Gasteiger partial charge in [-0.15, -0.1) is 0 Å². The van der Waals surface area contributed by atoms with Crippen LogP contribution in [0.5, 0.6) is 0 Å². The standard InChI is InChI=1S/C14H13ClN2O4/c1-20-13(18)10-8-17(16-12(10)14(19)21-2)7-9-5-3-4-6-11(9)15/h3-6,8H,7H2,1-2H3. The van der Waals surface area contributed by atoms with E-state index >= 15 is 0 Å². The van der Waals surface area contributed by atoms with Crippen molar-refractivity contribution in [1.29, 1.82) is 0 Å². The van der Waals surface area contributed by atoms with Crippen molar-refractivity contribution in [1.82, 2.24) is 9.78 Å². The lowest BCUT2D eigenvalue weighted by Crippen LogP contribution is -2.10. The third-order valence-corrected chi connectivity index (χ3v) is 3.20. The Kier molecular flexibility index (Phi) is 4.59. The van der Waals surface area contributed by atoms with Gasteiger partial charge in [-0.1, -0.05) is 29.8 Å². The van der Waals surface area contributed by atoms with Gasteiger partial charge in [-0.3, -0.25) is 4.68 Å². The summed E-state index contributed by atoms with van der Waals surface area (Å²) in [4.78, 5) is 23.3. The molecule has 1 aromatic heterocycles. The maximum absolute atomic E-state index is 11.7. The van der Waals surface area contributed by atoms with E-state index in [1.807, 2.05) is 18.2 Å². The molecule has 0 saturated carbocycles. The van der Waals surface area contributed by atoms with Crippen molar-refractivity contribution in [3.05, 3.63) is 52.3 Å². The summed E-state index contributed by atoms with van der Waals surface area (Å²) in [5.74, 6) is -1.35. The van der Waals surface area contributed by atoms with E-state index < -0.39 is 11.9 Å². The van der Waals surface area contributed by atoms with Gasteiger partial charge in [0.15, 0.2) is 5.69 Å². The molecule has 0 spiro atoms. The largest absolute Gasteiger partial charge is 0.465 e. The monoisotopic (exact) mass is 308 g/mol. The van der Waals surface area contributed by atoms with Crippen LogP contribution in [0, 0.1) is 0 Å². The third kappa shape index (κ3) is 3.22. The van der Waals surface area contributed by atoms with Crippen molar-refractivity contribution in [3.8, 4) is 0 Å². The van der Waals surface area contributed by atoms with E-state index in [-0.39, 0.29) is 11.3 Å². The van der Waals surface area contributed by atoms with Gasteiger partial charge in [0, 0.05) is 11.2 Å². The summed E-state index contributed by atoms with van der Waals surface area (Å²) in [5.41, 5.74) is 0.780. The summed E-state index contributed by atoms with van der Waals surface area (Å²) in [6, 6.07) is 7.24. The maximum Gasteiger partial charge on any atom is 0.359 e. The molecular formula is C14H13ClN2O4. The number of ether oxygens (including phenoxy) is 2. The second-order valence-corrected chi connectivity index (χ2v) is 4.57. The van der Waals surface area contributed by atoms with E-state index in [1.54, 1.807) is 6.07 Å². The minimum atomic E-state index is -0.701. The van der Waals surface area contributed by atoms with Crippen LogP contribution in [-0.4, -0.2) is 35.9 Å². The molecule has 1 heterocycles. The topological polar surface area (TPSA) is 70.4 Å². The smallest absolute Gasteiger partial charge is 0.359 e. The normalized spacial score (nSPS) is 10.2. The number of hydrogen-bond acceptors (Lipinski definition) is 5. The predicted octanol–water partition coefficient (Wildman–Crippen LogP) is 2.16. The van der Waals surface area contributed by atoms with Gasteiger partial charge in [-0.25, -0.2) is 9.59 Å². The molecule has 110 valence electrons. The second-order valence-electron chi connectivity index (χ2n) is 4.16. The molecule has 7 heteroatoms. The molecular weight excluding hydrogens is 296 g/mol. The quantitative estimate of drug-likeness (QED) is 0.809. The fraction of sp³-hybridized carbons (Fsp3) is 0.214. The van der Waals surface area contributed by atoms with Gasteiger partial charge in [-0.05, 0) is 11.6 Å². The zero-order valence-corrected chi connectivity index (χ0v) is 12.3.